The van der Waals surface area contributed by atoms with E-state index in [1.807, 2.05) is 0 Å². The number of hydrogen-bond acceptors (Lipinski definition) is 3. The molecule has 0 aliphatic carbocycles. The van der Waals surface area contributed by atoms with Gasteiger partial charge in [-0.2, -0.15) is 5.10 Å². The van der Waals surface area contributed by atoms with Crippen LogP contribution in [0.15, 0.2) is 6.20 Å². The second kappa shape index (κ2) is 5.31. The third-order valence-corrected chi connectivity index (χ3v) is 3.15. The lowest BCUT2D eigenvalue weighted by molar-refractivity contribution is 0.0695. The number of carboxylic acid groups (broad SMARTS) is 1. The van der Waals surface area contributed by atoms with Gasteiger partial charge in [0.1, 0.15) is 5.56 Å². The fraction of sp³-hybridized carbons (Fsp3) is 0.667. The molecule has 0 amide bonds. The number of carbonyl (C=O) groups is 1. The van der Waals surface area contributed by atoms with E-state index in [0.29, 0.717) is 12.2 Å². The lowest BCUT2D eigenvalue weighted by Crippen LogP contribution is -2.29. The van der Waals surface area contributed by atoms with Crippen molar-refractivity contribution in [3.8, 4) is 0 Å². The van der Waals surface area contributed by atoms with Crippen molar-refractivity contribution < 1.29 is 9.90 Å². The summed E-state index contributed by atoms with van der Waals surface area (Å²) in [7, 11) is 1.76. The van der Waals surface area contributed by atoms with E-state index in [-0.39, 0.29) is 11.0 Å². The van der Waals surface area contributed by atoms with Gasteiger partial charge in [0.15, 0.2) is 0 Å². The van der Waals surface area contributed by atoms with E-state index in [4.69, 9.17) is 5.11 Å². The Labute approximate surface area is 102 Å². The second-order valence-electron chi connectivity index (χ2n) is 5.06. The van der Waals surface area contributed by atoms with Crippen molar-refractivity contribution in [1.29, 1.82) is 0 Å². The molecule has 96 valence electrons. The molecule has 0 aromatic carbocycles. The first kappa shape index (κ1) is 13.7. The summed E-state index contributed by atoms with van der Waals surface area (Å²) in [5.74, 6) is -0.926. The first-order valence-electron chi connectivity index (χ1n) is 5.82. The molecule has 0 saturated heterocycles. The first-order chi connectivity index (χ1) is 7.87. The molecular formula is C12H21N3O2. The van der Waals surface area contributed by atoms with Crippen molar-refractivity contribution >= 4 is 5.97 Å². The number of rotatable bonds is 6. The standard InChI is InChI=1S/C12H21N3O2/c1-5-12(2,3)8-13-7-10-9(11(16)17)6-14-15(10)4/h6,13H,5,7-8H2,1-4H3,(H,16,17). The summed E-state index contributed by atoms with van der Waals surface area (Å²) in [6, 6.07) is 0. The molecule has 1 aromatic heterocycles. The van der Waals surface area contributed by atoms with Crippen LogP contribution in [0.4, 0.5) is 0 Å². The number of aromatic nitrogens is 2. The zero-order valence-corrected chi connectivity index (χ0v) is 10.9. The summed E-state index contributed by atoms with van der Waals surface area (Å²) < 4.78 is 1.61. The molecule has 2 N–H and O–H groups in total. The van der Waals surface area contributed by atoms with Crippen molar-refractivity contribution in [1.82, 2.24) is 15.1 Å². The van der Waals surface area contributed by atoms with E-state index in [0.717, 1.165) is 13.0 Å². The molecule has 0 radical (unpaired) electrons. The topological polar surface area (TPSA) is 67.2 Å². The lowest BCUT2D eigenvalue weighted by Gasteiger charge is -2.23. The minimum Gasteiger partial charge on any atom is -0.478 e. The van der Waals surface area contributed by atoms with E-state index in [9.17, 15) is 4.79 Å². The summed E-state index contributed by atoms with van der Waals surface area (Å²) in [5, 5.41) is 16.3. The van der Waals surface area contributed by atoms with Crippen molar-refractivity contribution in [3.63, 3.8) is 0 Å². The van der Waals surface area contributed by atoms with E-state index in [2.05, 4.69) is 31.2 Å². The van der Waals surface area contributed by atoms with Crippen LogP contribution in [0, 0.1) is 5.41 Å². The molecule has 1 aromatic rings. The van der Waals surface area contributed by atoms with Gasteiger partial charge in [-0.25, -0.2) is 4.79 Å². The molecule has 0 saturated carbocycles. The first-order valence-corrected chi connectivity index (χ1v) is 5.82. The molecular weight excluding hydrogens is 218 g/mol. The SMILES string of the molecule is CCC(C)(C)CNCc1c(C(=O)O)cnn1C. The van der Waals surface area contributed by atoms with Gasteiger partial charge in [-0.1, -0.05) is 20.8 Å². The van der Waals surface area contributed by atoms with Crippen LogP contribution in [0.2, 0.25) is 0 Å². The van der Waals surface area contributed by atoms with Crippen LogP contribution in [0.25, 0.3) is 0 Å². The Morgan fingerprint density at radius 1 is 1.59 bits per heavy atom. The molecule has 17 heavy (non-hydrogen) atoms. The summed E-state index contributed by atoms with van der Waals surface area (Å²) in [6.07, 6.45) is 2.47. The van der Waals surface area contributed by atoms with E-state index < -0.39 is 5.97 Å². The van der Waals surface area contributed by atoms with Crippen LogP contribution in [0.5, 0.6) is 0 Å². The molecule has 1 heterocycles. The highest BCUT2D eigenvalue weighted by molar-refractivity contribution is 5.88. The van der Waals surface area contributed by atoms with Gasteiger partial charge in [0.05, 0.1) is 11.9 Å². The Morgan fingerprint density at radius 3 is 2.76 bits per heavy atom. The molecule has 0 aliphatic heterocycles. The Hall–Kier alpha value is -1.36. The molecule has 0 spiro atoms. The summed E-state index contributed by atoms with van der Waals surface area (Å²) >= 11 is 0. The zero-order chi connectivity index (χ0) is 13.1. The maximum absolute atomic E-state index is 11.0. The van der Waals surface area contributed by atoms with Crippen molar-refractivity contribution in [2.45, 2.75) is 33.7 Å². The number of aryl methyl sites for hydroxylation is 1. The minimum absolute atomic E-state index is 0.224. The van der Waals surface area contributed by atoms with Gasteiger partial charge in [-0.05, 0) is 11.8 Å². The maximum Gasteiger partial charge on any atom is 0.339 e. The van der Waals surface area contributed by atoms with E-state index >= 15 is 0 Å². The molecule has 0 bridgehead atoms. The Kier molecular flexibility index (Phi) is 4.28. The molecule has 5 nitrogen and oxygen atoms in total. The van der Waals surface area contributed by atoms with Crippen LogP contribution < -0.4 is 5.32 Å². The van der Waals surface area contributed by atoms with Gasteiger partial charge >= 0.3 is 5.97 Å². The zero-order valence-electron chi connectivity index (χ0n) is 10.9. The minimum atomic E-state index is -0.926. The predicted octanol–water partition coefficient (Wildman–Crippen LogP) is 1.64. The third kappa shape index (κ3) is 3.56. The van der Waals surface area contributed by atoms with Gasteiger partial charge in [0.25, 0.3) is 0 Å². The van der Waals surface area contributed by atoms with Gasteiger partial charge < -0.3 is 10.4 Å². The molecule has 0 aliphatic rings. The van der Waals surface area contributed by atoms with Crippen LogP contribution in [0.3, 0.4) is 0 Å². The smallest absolute Gasteiger partial charge is 0.339 e. The molecule has 1 rings (SSSR count). The Bertz CT molecular complexity index is 396. The number of nitrogens with zero attached hydrogens (tertiary/aromatic N) is 2. The molecule has 0 unspecified atom stereocenters. The van der Waals surface area contributed by atoms with Crippen LogP contribution in [0.1, 0.15) is 43.2 Å². The normalized spacial score (nSPS) is 11.8. The van der Waals surface area contributed by atoms with Crippen molar-refractivity contribution in [2.24, 2.45) is 12.5 Å². The van der Waals surface area contributed by atoms with E-state index in [1.165, 1.54) is 6.20 Å². The quantitative estimate of drug-likeness (QED) is 0.792. The van der Waals surface area contributed by atoms with Gasteiger partial charge in [0, 0.05) is 20.1 Å². The van der Waals surface area contributed by atoms with Crippen LogP contribution in [-0.2, 0) is 13.6 Å². The summed E-state index contributed by atoms with van der Waals surface area (Å²) in [5.41, 5.74) is 1.21. The second-order valence-corrected chi connectivity index (χ2v) is 5.06. The van der Waals surface area contributed by atoms with Gasteiger partial charge in [0.2, 0.25) is 0 Å². The van der Waals surface area contributed by atoms with Gasteiger partial charge in [-0.3, -0.25) is 4.68 Å². The third-order valence-electron chi connectivity index (χ3n) is 3.15. The van der Waals surface area contributed by atoms with Crippen LogP contribution >= 0.6 is 0 Å². The summed E-state index contributed by atoms with van der Waals surface area (Å²) in [6.45, 7) is 7.90. The molecule has 0 fully saturated rings. The fourth-order valence-electron chi connectivity index (χ4n) is 1.50. The predicted molar refractivity (Wildman–Crippen MR) is 65.9 cm³/mol. The van der Waals surface area contributed by atoms with E-state index in [1.54, 1.807) is 11.7 Å². The number of nitrogens with one attached hydrogen (secondary N) is 1. The molecule has 5 heteroatoms. The van der Waals surface area contributed by atoms with Crippen molar-refractivity contribution in [2.75, 3.05) is 6.54 Å². The maximum atomic E-state index is 11.0. The highest BCUT2D eigenvalue weighted by Gasteiger charge is 2.17. The monoisotopic (exact) mass is 239 g/mol. The van der Waals surface area contributed by atoms with Gasteiger partial charge in [-0.15, -0.1) is 0 Å². The van der Waals surface area contributed by atoms with Crippen molar-refractivity contribution in [3.05, 3.63) is 17.5 Å². The fourth-order valence-corrected chi connectivity index (χ4v) is 1.50. The average Bonchev–Trinajstić information content (AvgIpc) is 2.60. The van der Waals surface area contributed by atoms with Crippen LogP contribution in [-0.4, -0.2) is 27.4 Å². The average molecular weight is 239 g/mol. The largest absolute Gasteiger partial charge is 0.478 e. The molecule has 0 atom stereocenters. The highest BCUT2D eigenvalue weighted by atomic mass is 16.4. The lowest BCUT2D eigenvalue weighted by atomic mass is 9.90. The Balaban J connectivity index is 2.63. The number of aromatic carboxylic acids is 1. The number of carboxylic acids is 1. The summed E-state index contributed by atoms with van der Waals surface area (Å²) in [4.78, 5) is 11.0. The number of hydrogen-bond donors (Lipinski definition) is 2. The Morgan fingerprint density at radius 2 is 2.24 bits per heavy atom. The highest BCUT2D eigenvalue weighted by Crippen LogP contribution is 2.18.